The molecule has 1 fully saturated rings. The molecule has 0 saturated carbocycles. The first-order chi connectivity index (χ1) is 8.24. The molecule has 0 aromatic carbocycles. The van der Waals surface area contributed by atoms with Crippen molar-refractivity contribution in [3.8, 4) is 0 Å². The van der Waals surface area contributed by atoms with Crippen LogP contribution >= 0.6 is 0 Å². The second kappa shape index (κ2) is 6.22. The molecule has 96 valence electrons. The van der Waals surface area contributed by atoms with Crippen molar-refractivity contribution in [1.82, 2.24) is 10.2 Å². The third-order valence-corrected chi connectivity index (χ3v) is 3.22. The normalized spacial score (nSPS) is 20.6. The van der Waals surface area contributed by atoms with Crippen molar-refractivity contribution in [3.63, 3.8) is 0 Å². The van der Waals surface area contributed by atoms with E-state index < -0.39 is 0 Å². The number of hydrogen-bond donors (Lipinski definition) is 1. The van der Waals surface area contributed by atoms with Crippen LogP contribution in [-0.2, 0) is 6.54 Å². The summed E-state index contributed by atoms with van der Waals surface area (Å²) in [6.45, 7) is 8.94. The molecule has 0 bridgehead atoms. The first-order valence-electron chi connectivity index (χ1n) is 6.72. The molecule has 3 heteroatoms. The average molecular weight is 236 g/mol. The molecular formula is C14H24N2O. The van der Waals surface area contributed by atoms with Gasteiger partial charge >= 0.3 is 0 Å². The van der Waals surface area contributed by atoms with Gasteiger partial charge in [-0.25, -0.2) is 0 Å². The van der Waals surface area contributed by atoms with Gasteiger partial charge in [0.05, 0.1) is 12.8 Å². The van der Waals surface area contributed by atoms with Crippen molar-refractivity contribution in [1.29, 1.82) is 0 Å². The van der Waals surface area contributed by atoms with Crippen LogP contribution in [0, 0.1) is 5.92 Å². The maximum absolute atomic E-state index is 5.45. The molecule has 1 N–H and O–H groups in total. The van der Waals surface area contributed by atoms with Crippen LogP contribution in [0.3, 0.4) is 0 Å². The van der Waals surface area contributed by atoms with Crippen LogP contribution in [-0.4, -0.2) is 30.6 Å². The molecule has 1 aliphatic heterocycles. The second-order valence-electron chi connectivity index (χ2n) is 5.46. The van der Waals surface area contributed by atoms with E-state index in [1.807, 2.05) is 6.07 Å². The Bertz CT molecular complexity index is 302. The van der Waals surface area contributed by atoms with E-state index in [2.05, 4.69) is 30.1 Å². The minimum absolute atomic E-state index is 0.670. The number of hydrogen-bond acceptors (Lipinski definition) is 3. The van der Waals surface area contributed by atoms with Gasteiger partial charge in [-0.2, -0.15) is 0 Å². The third-order valence-electron chi connectivity index (χ3n) is 3.22. The smallest absolute Gasteiger partial charge is 0.117 e. The molecule has 0 amide bonds. The van der Waals surface area contributed by atoms with Crippen LogP contribution in [0.1, 0.15) is 32.4 Å². The number of rotatable bonds is 6. The Morgan fingerprint density at radius 3 is 3.00 bits per heavy atom. The van der Waals surface area contributed by atoms with Gasteiger partial charge in [-0.15, -0.1) is 0 Å². The highest BCUT2D eigenvalue weighted by Crippen LogP contribution is 2.12. The van der Waals surface area contributed by atoms with Crippen molar-refractivity contribution < 1.29 is 4.42 Å². The van der Waals surface area contributed by atoms with E-state index >= 15 is 0 Å². The molecule has 1 aromatic heterocycles. The molecule has 1 aliphatic rings. The summed E-state index contributed by atoms with van der Waals surface area (Å²) in [5.41, 5.74) is 0. The summed E-state index contributed by atoms with van der Waals surface area (Å²) < 4.78 is 5.45. The van der Waals surface area contributed by atoms with Crippen molar-refractivity contribution in [3.05, 3.63) is 24.2 Å². The largest absolute Gasteiger partial charge is 0.468 e. The minimum Gasteiger partial charge on any atom is -0.468 e. The summed E-state index contributed by atoms with van der Waals surface area (Å²) in [6, 6.07) is 4.70. The lowest BCUT2D eigenvalue weighted by molar-refractivity contribution is 0.201. The summed E-state index contributed by atoms with van der Waals surface area (Å²) in [4.78, 5) is 2.51. The van der Waals surface area contributed by atoms with Crippen molar-refractivity contribution >= 4 is 0 Å². The molecule has 3 nitrogen and oxygen atoms in total. The number of furan rings is 1. The molecule has 0 aliphatic carbocycles. The minimum atomic E-state index is 0.670. The van der Waals surface area contributed by atoms with E-state index in [1.165, 1.54) is 19.4 Å². The zero-order valence-corrected chi connectivity index (χ0v) is 11.0. The first-order valence-corrected chi connectivity index (χ1v) is 6.72. The highest BCUT2D eigenvalue weighted by molar-refractivity contribution is 4.98. The predicted molar refractivity (Wildman–Crippen MR) is 69.8 cm³/mol. The van der Waals surface area contributed by atoms with E-state index in [-0.39, 0.29) is 0 Å². The van der Waals surface area contributed by atoms with Gasteiger partial charge in [0.1, 0.15) is 5.76 Å². The molecule has 2 heterocycles. The quantitative estimate of drug-likeness (QED) is 0.822. The molecule has 1 saturated heterocycles. The Hall–Kier alpha value is -0.800. The standard InChI is InChI=1S/C14H24N2O/c1-12(2)9-16(10-13-5-3-7-15-13)11-14-6-4-8-17-14/h4,6,8,12-13,15H,3,5,7,9-11H2,1-2H3. The second-order valence-corrected chi connectivity index (χ2v) is 5.46. The van der Waals surface area contributed by atoms with E-state index in [1.54, 1.807) is 6.26 Å². The lowest BCUT2D eigenvalue weighted by Crippen LogP contribution is -2.38. The van der Waals surface area contributed by atoms with E-state index in [4.69, 9.17) is 4.42 Å². The van der Waals surface area contributed by atoms with E-state index in [9.17, 15) is 0 Å². The monoisotopic (exact) mass is 236 g/mol. The maximum Gasteiger partial charge on any atom is 0.117 e. The summed E-state index contributed by atoms with van der Waals surface area (Å²) in [5, 5.41) is 3.57. The summed E-state index contributed by atoms with van der Waals surface area (Å²) in [6.07, 6.45) is 4.39. The van der Waals surface area contributed by atoms with Crippen LogP contribution in [0.25, 0.3) is 0 Å². The lowest BCUT2D eigenvalue weighted by Gasteiger charge is -2.26. The van der Waals surface area contributed by atoms with Gasteiger partial charge < -0.3 is 9.73 Å². The Morgan fingerprint density at radius 1 is 1.53 bits per heavy atom. The zero-order valence-electron chi connectivity index (χ0n) is 11.0. The maximum atomic E-state index is 5.45. The molecule has 1 unspecified atom stereocenters. The number of nitrogens with zero attached hydrogens (tertiary/aromatic N) is 1. The predicted octanol–water partition coefficient (Wildman–Crippen LogP) is 2.49. The zero-order chi connectivity index (χ0) is 12.1. The topological polar surface area (TPSA) is 28.4 Å². The Morgan fingerprint density at radius 2 is 2.41 bits per heavy atom. The lowest BCUT2D eigenvalue weighted by atomic mass is 10.1. The summed E-state index contributed by atoms with van der Waals surface area (Å²) in [5.74, 6) is 1.77. The Balaban J connectivity index is 1.87. The summed E-state index contributed by atoms with van der Waals surface area (Å²) >= 11 is 0. The first kappa shape index (κ1) is 12.7. The molecule has 1 atom stereocenters. The third kappa shape index (κ3) is 4.17. The van der Waals surface area contributed by atoms with Gasteiger partial charge in [0.2, 0.25) is 0 Å². The molecular weight excluding hydrogens is 212 g/mol. The van der Waals surface area contributed by atoms with Gasteiger partial charge in [0.25, 0.3) is 0 Å². The molecule has 1 aromatic rings. The van der Waals surface area contributed by atoms with Crippen LogP contribution in [0.4, 0.5) is 0 Å². The van der Waals surface area contributed by atoms with Crippen molar-refractivity contribution in [2.24, 2.45) is 5.92 Å². The van der Waals surface area contributed by atoms with Crippen LogP contribution in [0.5, 0.6) is 0 Å². The van der Waals surface area contributed by atoms with Gasteiger partial charge in [-0.05, 0) is 37.4 Å². The highest BCUT2D eigenvalue weighted by Gasteiger charge is 2.19. The average Bonchev–Trinajstić information content (AvgIpc) is 2.89. The van der Waals surface area contributed by atoms with Crippen LogP contribution < -0.4 is 5.32 Å². The highest BCUT2D eigenvalue weighted by atomic mass is 16.3. The van der Waals surface area contributed by atoms with Crippen LogP contribution in [0.2, 0.25) is 0 Å². The van der Waals surface area contributed by atoms with Gasteiger partial charge in [-0.3, -0.25) is 4.90 Å². The fourth-order valence-corrected chi connectivity index (χ4v) is 2.57. The summed E-state index contributed by atoms with van der Waals surface area (Å²) in [7, 11) is 0. The Labute approximate surface area is 104 Å². The SMILES string of the molecule is CC(C)CN(Cc1ccco1)CC1CCCN1. The van der Waals surface area contributed by atoms with Crippen molar-refractivity contribution in [2.75, 3.05) is 19.6 Å². The van der Waals surface area contributed by atoms with Crippen molar-refractivity contribution in [2.45, 2.75) is 39.3 Å². The number of nitrogens with one attached hydrogen (secondary N) is 1. The van der Waals surface area contributed by atoms with Gasteiger partial charge in [0.15, 0.2) is 0 Å². The van der Waals surface area contributed by atoms with Gasteiger partial charge in [-0.1, -0.05) is 13.8 Å². The van der Waals surface area contributed by atoms with E-state index in [0.29, 0.717) is 12.0 Å². The van der Waals surface area contributed by atoms with E-state index in [0.717, 1.165) is 25.4 Å². The Kier molecular flexibility index (Phi) is 4.63. The van der Waals surface area contributed by atoms with Crippen LogP contribution in [0.15, 0.2) is 22.8 Å². The molecule has 0 spiro atoms. The molecule has 2 rings (SSSR count). The van der Waals surface area contributed by atoms with Gasteiger partial charge in [0, 0.05) is 19.1 Å². The fraction of sp³-hybridized carbons (Fsp3) is 0.714. The molecule has 0 radical (unpaired) electrons. The fourth-order valence-electron chi connectivity index (χ4n) is 2.57. The molecule has 17 heavy (non-hydrogen) atoms.